The van der Waals surface area contributed by atoms with Crippen LogP contribution in [0.5, 0.6) is 0 Å². The lowest BCUT2D eigenvalue weighted by molar-refractivity contribution is 0.0932. The number of carbonyl (C=O) groups is 1. The molecule has 0 aromatic carbocycles. The summed E-state index contributed by atoms with van der Waals surface area (Å²) in [6, 6.07) is 1.77. The Labute approximate surface area is 83.1 Å². The molecule has 0 unspecified atom stereocenters. The molecule has 1 heterocycles. The molecule has 0 aliphatic heterocycles. The van der Waals surface area contributed by atoms with Gasteiger partial charge < -0.3 is 10.5 Å². The summed E-state index contributed by atoms with van der Waals surface area (Å²) in [6.45, 7) is 2.25. The number of pyridine rings is 1. The Morgan fingerprint density at radius 3 is 2.93 bits per heavy atom. The largest absolute Gasteiger partial charge is 0.384 e. The number of nitrogens with two attached hydrogens (primary N) is 1. The number of anilines is 1. The summed E-state index contributed by atoms with van der Waals surface area (Å²) in [6.07, 6.45) is 1.94. The molecule has 0 saturated carbocycles. The molecule has 0 amide bonds. The van der Waals surface area contributed by atoms with Gasteiger partial charge in [-0.15, -0.1) is 0 Å². The van der Waals surface area contributed by atoms with E-state index in [0.29, 0.717) is 24.4 Å². The smallest absolute Gasteiger partial charge is 0.169 e. The van der Waals surface area contributed by atoms with Crippen molar-refractivity contribution in [2.24, 2.45) is 0 Å². The van der Waals surface area contributed by atoms with E-state index in [1.165, 1.54) is 0 Å². The van der Waals surface area contributed by atoms with Crippen molar-refractivity contribution in [1.82, 2.24) is 4.98 Å². The summed E-state index contributed by atoms with van der Waals surface area (Å²) >= 11 is 0. The Morgan fingerprint density at radius 2 is 2.36 bits per heavy atom. The minimum absolute atomic E-state index is 0.0186. The molecule has 4 nitrogen and oxygen atoms in total. The zero-order valence-corrected chi connectivity index (χ0v) is 8.41. The number of aromatic nitrogens is 1. The number of nitrogens with zero attached hydrogens (tertiary/aromatic N) is 1. The zero-order valence-electron chi connectivity index (χ0n) is 8.41. The van der Waals surface area contributed by atoms with Crippen LogP contribution in [0.3, 0.4) is 0 Å². The lowest BCUT2D eigenvalue weighted by Gasteiger charge is -2.06. The van der Waals surface area contributed by atoms with Crippen LogP contribution < -0.4 is 5.73 Å². The average molecular weight is 194 g/mol. The summed E-state index contributed by atoms with van der Waals surface area (Å²) in [7, 11) is 1.56. The molecular formula is C10H14N2O2. The van der Waals surface area contributed by atoms with Crippen molar-refractivity contribution >= 4 is 11.6 Å². The molecule has 14 heavy (non-hydrogen) atoms. The normalized spacial score (nSPS) is 10.1. The maximum Gasteiger partial charge on any atom is 0.169 e. The molecule has 2 N–H and O–H groups in total. The molecule has 0 fully saturated rings. The second kappa shape index (κ2) is 4.72. The highest BCUT2D eigenvalue weighted by molar-refractivity contribution is 6.01. The van der Waals surface area contributed by atoms with Gasteiger partial charge in [0.25, 0.3) is 0 Å². The third-order valence-corrected chi connectivity index (χ3v) is 2.00. The van der Waals surface area contributed by atoms with Gasteiger partial charge in [0.15, 0.2) is 5.78 Å². The first-order valence-electron chi connectivity index (χ1n) is 4.40. The van der Waals surface area contributed by atoms with Crippen LogP contribution in [0.1, 0.15) is 22.3 Å². The third kappa shape index (κ3) is 2.29. The molecule has 0 aliphatic rings. The summed E-state index contributed by atoms with van der Waals surface area (Å²) in [5, 5.41) is 0. The van der Waals surface area contributed by atoms with E-state index < -0.39 is 0 Å². The fraction of sp³-hybridized carbons (Fsp3) is 0.400. The monoisotopic (exact) mass is 194 g/mol. The summed E-state index contributed by atoms with van der Waals surface area (Å²) < 4.78 is 4.83. The van der Waals surface area contributed by atoms with Crippen molar-refractivity contribution in [3.63, 3.8) is 0 Å². The van der Waals surface area contributed by atoms with Crippen LogP contribution in [0, 0.1) is 6.92 Å². The number of rotatable bonds is 4. The molecule has 0 radical (unpaired) electrons. The number of ether oxygens (including phenoxy) is 1. The van der Waals surface area contributed by atoms with E-state index >= 15 is 0 Å². The standard InChI is InChI=1S/C10H14N2O2/c1-7-3-5-12-10(11)9(7)8(13)4-6-14-2/h3,5H,4,6H2,1-2H3,(H2,11,12). The van der Waals surface area contributed by atoms with Gasteiger partial charge in [0.2, 0.25) is 0 Å². The topological polar surface area (TPSA) is 65.2 Å². The van der Waals surface area contributed by atoms with Crippen molar-refractivity contribution in [2.75, 3.05) is 19.5 Å². The Morgan fingerprint density at radius 1 is 1.64 bits per heavy atom. The minimum Gasteiger partial charge on any atom is -0.384 e. The molecule has 0 bridgehead atoms. The minimum atomic E-state index is -0.0186. The first-order chi connectivity index (χ1) is 6.66. The highest BCUT2D eigenvalue weighted by Gasteiger charge is 2.12. The quantitative estimate of drug-likeness (QED) is 0.731. The van der Waals surface area contributed by atoms with Crippen LogP contribution >= 0.6 is 0 Å². The van der Waals surface area contributed by atoms with Crippen LogP contribution in [0.2, 0.25) is 0 Å². The van der Waals surface area contributed by atoms with E-state index in [1.807, 2.05) is 6.92 Å². The summed E-state index contributed by atoms with van der Waals surface area (Å²) in [4.78, 5) is 15.5. The lowest BCUT2D eigenvalue weighted by Crippen LogP contribution is -2.09. The van der Waals surface area contributed by atoms with Crippen LogP contribution in [-0.2, 0) is 4.74 Å². The van der Waals surface area contributed by atoms with Gasteiger partial charge in [-0.3, -0.25) is 4.79 Å². The molecule has 0 atom stereocenters. The number of Topliss-reactive ketones (excluding diaryl/α,β-unsaturated/α-hetero) is 1. The van der Waals surface area contributed by atoms with Crippen molar-refractivity contribution in [3.8, 4) is 0 Å². The highest BCUT2D eigenvalue weighted by Crippen LogP contribution is 2.15. The van der Waals surface area contributed by atoms with Gasteiger partial charge in [0.05, 0.1) is 12.2 Å². The van der Waals surface area contributed by atoms with Crippen molar-refractivity contribution in [3.05, 3.63) is 23.4 Å². The van der Waals surface area contributed by atoms with Gasteiger partial charge >= 0.3 is 0 Å². The maximum atomic E-state index is 11.6. The van der Waals surface area contributed by atoms with E-state index in [-0.39, 0.29) is 5.78 Å². The Hall–Kier alpha value is -1.42. The molecule has 0 aliphatic carbocycles. The molecule has 1 rings (SSSR count). The first kappa shape index (κ1) is 10.7. The molecule has 0 spiro atoms. The van der Waals surface area contributed by atoms with Crippen molar-refractivity contribution in [1.29, 1.82) is 0 Å². The predicted molar refractivity (Wildman–Crippen MR) is 54.2 cm³/mol. The molecule has 76 valence electrons. The van der Waals surface area contributed by atoms with E-state index in [1.54, 1.807) is 19.4 Å². The third-order valence-electron chi connectivity index (χ3n) is 2.00. The van der Waals surface area contributed by atoms with E-state index in [2.05, 4.69) is 4.98 Å². The predicted octanol–water partition coefficient (Wildman–Crippen LogP) is 1.19. The van der Waals surface area contributed by atoms with Crippen LogP contribution in [-0.4, -0.2) is 24.5 Å². The zero-order chi connectivity index (χ0) is 10.6. The Balaban J connectivity index is 2.89. The second-order valence-corrected chi connectivity index (χ2v) is 3.05. The van der Waals surface area contributed by atoms with E-state index in [4.69, 9.17) is 10.5 Å². The van der Waals surface area contributed by atoms with E-state index in [9.17, 15) is 4.79 Å². The van der Waals surface area contributed by atoms with Gasteiger partial charge in [0.1, 0.15) is 5.82 Å². The number of ketones is 1. The van der Waals surface area contributed by atoms with Crippen molar-refractivity contribution in [2.45, 2.75) is 13.3 Å². The Kier molecular flexibility index (Phi) is 3.59. The Bertz CT molecular complexity index is 317. The van der Waals surface area contributed by atoms with Gasteiger partial charge in [-0.2, -0.15) is 0 Å². The first-order valence-corrected chi connectivity index (χ1v) is 4.40. The summed E-state index contributed by atoms with van der Waals surface area (Å²) in [5.74, 6) is 0.279. The highest BCUT2D eigenvalue weighted by atomic mass is 16.5. The molecule has 1 aromatic rings. The number of aryl methyl sites for hydroxylation is 1. The molecule has 0 saturated heterocycles. The lowest BCUT2D eigenvalue weighted by atomic mass is 10.0. The molecule has 4 heteroatoms. The fourth-order valence-electron chi connectivity index (χ4n) is 1.26. The average Bonchev–Trinajstić information content (AvgIpc) is 2.14. The molecular weight excluding hydrogens is 180 g/mol. The SMILES string of the molecule is COCCC(=O)c1c(C)ccnc1N. The second-order valence-electron chi connectivity index (χ2n) is 3.05. The number of nitrogen functional groups attached to an aromatic ring is 1. The number of hydrogen-bond donors (Lipinski definition) is 1. The van der Waals surface area contributed by atoms with E-state index in [0.717, 1.165) is 5.56 Å². The van der Waals surface area contributed by atoms with Crippen molar-refractivity contribution < 1.29 is 9.53 Å². The number of hydrogen-bond acceptors (Lipinski definition) is 4. The maximum absolute atomic E-state index is 11.6. The van der Waals surface area contributed by atoms with Gasteiger partial charge in [-0.05, 0) is 18.6 Å². The number of methoxy groups -OCH3 is 1. The molecule has 1 aromatic heterocycles. The van der Waals surface area contributed by atoms with Gasteiger partial charge in [0, 0.05) is 19.7 Å². The van der Waals surface area contributed by atoms with Crippen LogP contribution in [0.25, 0.3) is 0 Å². The summed E-state index contributed by atoms with van der Waals surface area (Å²) in [5.41, 5.74) is 7.00. The van der Waals surface area contributed by atoms with Gasteiger partial charge in [-0.25, -0.2) is 4.98 Å². The van der Waals surface area contributed by atoms with Crippen LogP contribution in [0.15, 0.2) is 12.3 Å². The number of carbonyl (C=O) groups excluding carboxylic acids is 1. The van der Waals surface area contributed by atoms with Crippen LogP contribution in [0.4, 0.5) is 5.82 Å². The fourth-order valence-corrected chi connectivity index (χ4v) is 1.26. The van der Waals surface area contributed by atoms with Gasteiger partial charge in [-0.1, -0.05) is 0 Å².